The van der Waals surface area contributed by atoms with Crippen molar-refractivity contribution in [2.24, 2.45) is 5.92 Å². The molecule has 1 atom stereocenters. The molecule has 2 aromatic heterocycles. The maximum atomic E-state index is 13.0. The summed E-state index contributed by atoms with van der Waals surface area (Å²) >= 11 is 0. The Bertz CT molecular complexity index is 1270. The molecule has 1 N–H and O–H groups in total. The van der Waals surface area contributed by atoms with Crippen LogP contribution in [-0.4, -0.2) is 53.1 Å². The Balaban J connectivity index is 1.34. The summed E-state index contributed by atoms with van der Waals surface area (Å²) in [5.41, 5.74) is 1.66. The minimum Gasteiger partial charge on any atom is -0.465 e. The van der Waals surface area contributed by atoms with Crippen molar-refractivity contribution in [1.29, 1.82) is 0 Å². The van der Waals surface area contributed by atoms with Crippen molar-refractivity contribution in [3.05, 3.63) is 46.2 Å². The normalized spacial score (nSPS) is 17.6. The smallest absolute Gasteiger partial charge is 0.326 e. The van der Waals surface area contributed by atoms with Crippen molar-refractivity contribution < 1.29 is 22.5 Å². The molecule has 1 aromatic carbocycles. The van der Waals surface area contributed by atoms with Crippen LogP contribution in [0.3, 0.4) is 0 Å². The lowest BCUT2D eigenvalue weighted by atomic mass is 10.00. The summed E-state index contributed by atoms with van der Waals surface area (Å²) in [5, 5.41) is 3.73. The van der Waals surface area contributed by atoms with Gasteiger partial charge in [0, 0.05) is 19.6 Å². The van der Waals surface area contributed by atoms with Crippen molar-refractivity contribution >= 4 is 27.0 Å². The van der Waals surface area contributed by atoms with Crippen LogP contribution in [0.2, 0.25) is 0 Å². The van der Waals surface area contributed by atoms with Crippen LogP contribution in [0.4, 0.5) is 0 Å². The fourth-order valence-corrected chi connectivity index (χ4v) is 5.98. The topological polar surface area (TPSA) is 128 Å². The second-order valence-corrected chi connectivity index (χ2v) is 9.85. The van der Waals surface area contributed by atoms with Gasteiger partial charge in [-0.2, -0.15) is 4.31 Å². The summed E-state index contributed by atoms with van der Waals surface area (Å²) in [6.45, 7) is 4.09. The lowest BCUT2D eigenvalue weighted by Crippen LogP contribution is -2.43. The van der Waals surface area contributed by atoms with E-state index in [0.29, 0.717) is 38.0 Å². The maximum Gasteiger partial charge on any atom is 0.326 e. The molecule has 1 aliphatic rings. The zero-order chi connectivity index (χ0) is 22.9. The van der Waals surface area contributed by atoms with Crippen LogP contribution < -0.4 is 5.69 Å². The molecule has 0 saturated carbocycles. The highest BCUT2D eigenvalue weighted by Crippen LogP contribution is 2.28. The lowest BCUT2D eigenvalue weighted by molar-refractivity contribution is -0.149. The van der Waals surface area contributed by atoms with E-state index in [-0.39, 0.29) is 29.5 Å². The van der Waals surface area contributed by atoms with Gasteiger partial charge in [0.15, 0.2) is 5.76 Å². The third-order valence-corrected chi connectivity index (χ3v) is 7.85. The molecule has 1 fully saturated rings. The SMILES string of the molecule is Cc1noc(C)c1S(=O)(=O)N1CCCC(C(=O)OCCCn2c(=O)[nH]c3ccccc32)C1. The molecule has 3 aromatic rings. The Morgan fingerprint density at radius 3 is 2.84 bits per heavy atom. The Morgan fingerprint density at radius 1 is 1.31 bits per heavy atom. The van der Waals surface area contributed by atoms with Crippen LogP contribution in [0.1, 0.15) is 30.7 Å². The number of para-hydroxylation sites is 2. The van der Waals surface area contributed by atoms with Crippen molar-refractivity contribution in [2.45, 2.75) is 44.6 Å². The number of aromatic nitrogens is 3. The molecule has 4 rings (SSSR count). The number of piperidine rings is 1. The van der Waals surface area contributed by atoms with E-state index >= 15 is 0 Å². The van der Waals surface area contributed by atoms with E-state index in [1.807, 2.05) is 24.3 Å². The number of imidazole rings is 1. The number of nitrogens with one attached hydrogen (secondary N) is 1. The van der Waals surface area contributed by atoms with E-state index in [2.05, 4.69) is 10.1 Å². The molecule has 0 radical (unpaired) electrons. The molecule has 172 valence electrons. The number of aromatic amines is 1. The van der Waals surface area contributed by atoms with Gasteiger partial charge in [0.1, 0.15) is 10.6 Å². The Kier molecular flexibility index (Phi) is 6.20. The average Bonchev–Trinajstić information content (AvgIpc) is 3.29. The number of hydrogen-bond acceptors (Lipinski definition) is 7. The quantitative estimate of drug-likeness (QED) is 0.420. The molecular weight excluding hydrogens is 436 g/mol. The molecule has 0 spiro atoms. The fraction of sp³-hybridized carbons (Fsp3) is 0.476. The van der Waals surface area contributed by atoms with Gasteiger partial charge in [-0.25, -0.2) is 13.2 Å². The Morgan fingerprint density at radius 2 is 2.09 bits per heavy atom. The zero-order valence-corrected chi connectivity index (χ0v) is 18.9. The Hall–Kier alpha value is -2.92. The van der Waals surface area contributed by atoms with Gasteiger partial charge in [-0.3, -0.25) is 9.36 Å². The molecule has 1 aliphatic heterocycles. The van der Waals surface area contributed by atoms with E-state index < -0.39 is 21.9 Å². The van der Waals surface area contributed by atoms with E-state index in [4.69, 9.17) is 9.26 Å². The summed E-state index contributed by atoms with van der Waals surface area (Å²) in [4.78, 5) is 27.6. The summed E-state index contributed by atoms with van der Waals surface area (Å²) in [5.74, 6) is -0.718. The molecule has 0 bridgehead atoms. The van der Waals surface area contributed by atoms with Gasteiger partial charge < -0.3 is 14.2 Å². The number of H-pyrrole nitrogens is 1. The number of hydrogen-bond donors (Lipinski definition) is 1. The van der Waals surface area contributed by atoms with Gasteiger partial charge >= 0.3 is 11.7 Å². The maximum absolute atomic E-state index is 13.0. The monoisotopic (exact) mass is 462 g/mol. The molecule has 10 nitrogen and oxygen atoms in total. The molecule has 1 saturated heterocycles. The third-order valence-electron chi connectivity index (χ3n) is 5.74. The predicted octanol–water partition coefficient (Wildman–Crippen LogP) is 1.97. The fourth-order valence-electron chi connectivity index (χ4n) is 4.17. The van der Waals surface area contributed by atoms with Gasteiger partial charge in [0.25, 0.3) is 0 Å². The highest BCUT2D eigenvalue weighted by atomic mass is 32.2. The first-order chi connectivity index (χ1) is 15.3. The second kappa shape index (κ2) is 8.91. The summed E-state index contributed by atoms with van der Waals surface area (Å²) in [6, 6.07) is 7.40. The number of nitrogens with zero attached hydrogens (tertiary/aromatic N) is 3. The number of ether oxygens (including phenoxy) is 1. The first-order valence-corrected chi connectivity index (χ1v) is 12.0. The third kappa shape index (κ3) is 4.22. The lowest BCUT2D eigenvalue weighted by Gasteiger charge is -2.30. The minimum absolute atomic E-state index is 0.0626. The van der Waals surface area contributed by atoms with Crippen LogP contribution in [0.5, 0.6) is 0 Å². The first-order valence-electron chi connectivity index (χ1n) is 10.6. The van der Waals surface area contributed by atoms with Crippen LogP contribution >= 0.6 is 0 Å². The number of esters is 1. The van der Waals surface area contributed by atoms with Crippen molar-refractivity contribution in [3.63, 3.8) is 0 Å². The Labute approximate surface area is 185 Å². The molecule has 0 amide bonds. The zero-order valence-electron chi connectivity index (χ0n) is 18.0. The van der Waals surface area contributed by atoms with Crippen LogP contribution in [-0.2, 0) is 26.1 Å². The van der Waals surface area contributed by atoms with Crippen LogP contribution in [0.25, 0.3) is 11.0 Å². The number of carbonyl (C=O) groups is 1. The number of carbonyl (C=O) groups excluding carboxylic acids is 1. The van der Waals surface area contributed by atoms with Gasteiger partial charge in [0.2, 0.25) is 10.0 Å². The number of aryl methyl sites for hydroxylation is 3. The first kappa shape index (κ1) is 22.3. The molecule has 3 heterocycles. The van der Waals surface area contributed by atoms with Crippen molar-refractivity contribution in [2.75, 3.05) is 19.7 Å². The standard InChI is InChI=1S/C21H26N4O6S/c1-14-19(15(2)31-23-14)32(28,29)24-10-5-7-16(13-24)20(26)30-12-6-11-25-18-9-4-3-8-17(18)22-21(25)27/h3-4,8-9,16H,5-7,10-13H2,1-2H3,(H,22,27). The minimum atomic E-state index is -3.80. The number of benzene rings is 1. The van der Waals surface area contributed by atoms with Gasteiger partial charge in [-0.1, -0.05) is 17.3 Å². The molecule has 32 heavy (non-hydrogen) atoms. The molecule has 11 heteroatoms. The van der Waals surface area contributed by atoms with Crippen LogP contribution in [0.15, 0.2) is 38.5 Å². The average molecular weight is 463 g/mol. The van der Waals surface area contributed by atoms with Gasteiger partial charge in [-0.05, 0) is 45.2 Å². The highest BCUT2D eigenvalue weighted by Gasteiger charge is 2.37. The van der Waals surface area contributed by atoms with E-state index in [1.165, 1.54) is 4.31 Å². The largest absolute Gasteiger partial charge is 0.465 e. The van der Waals surface area contributed by atoms with Crippen molar-refractivity contribution in [3.8, 4) is 0 Å². The second-order valence-electron chi connectivity index (χ2n) is 7.98. The number of rotatable bonds is 7. The van der Waals surface area contributed by atoms with Crippen molar-refractivity contribution in [1.82, 2.24) is 19.0 Å². The van der Waals surface area contributed by atoms with E-state index in [1.54, 1.807) is 18.4 Å². The summed E-state index contributed by atoms with van der Waals surface area (Å²) in [6.07, 6.45) is 1.60. The summed E-state index contributed by atoms with van der Waals surface area (Å²) < 4.78 is 39.4. The van der Waals surface area contributed by atoms with Gasteiger partial charge in [0.05, 0.1) is 23.6 Å². The molecule has 0 aliphatic carbocycles. The predicted molar refractivity (Wildman–Crippen MR) is 116 cm³/mol. The van der Waals surface area contributed by atoms with E-state index in [9.17, 15) is 18.0 Å². The summed E-state index contributed by atoms with van der Waals surface area (Å²) in [7, 11) is -3.80. The molecule has 1 unspecified atom stereocenters. The van der Waals surface area contributed by atoms with Crippen LogP contribution in [0, 0.1) is 19.8 Å². The van der Waals surface area contributed by atoms with Gasteiger partial charge in [-0.15, -0.1) is 0 Å². The highest BCUT2D eigenvalue weighted by molar-refractivity contribution is 7.89. The number of fused-ring (bicyclic) bond motifs is 1. The molecular formula is C21H26N4O6S. The van der Waals surface area contributed by atoms with E-state index in [0.717, 1.165) is 11.0 Å². The number of sulfonamides is 1.